The standard InChI is InChI=1S/C20H24N2O5S/c1-12-10-16(22-19(25)20(2,3)4)28-17(12)18(24)27-11-15(23)21-13-8-6-7-9-14(13)26-5/h6-10H,11H2,1-5H3,(H,21,23)(H,22,25). The topological polar surface area (TPSA) is 93.7 Å². The van der Waals surface area contributed by atoms with Gasteiger partial charge in [-0.1, -0.05) is 32.9 Å². The minimum absolute atomic E-state index is 0.148. The predicted molar refractivity (Wildman–Crippen MR) is 109 cm³/mol. The lowest BCUT2D eigenvalue weighted by molar-refractivity contribution is -0.123. The molecular weight excluding hydrogens is 380 g/mol. The summed E-state index contributed by atoms with van der Waals surface area (Å²) in [5, 5.41) is 5.98. The van der Waals surface area contributed by atoms with Gasteiger partial charge in [-0.25, -0.2) is 4.79 Å². The molecule has 2 aromatic rings. The lowest BCUT2D eigenvalue weighted by Crippen LogP contribution is -2.27. The molecule has 2 amide bonds. The fraction of sp³-hybridized carbons (Fsp3) is 0.350. The Balaban J connectivity index is 1.96. The van der Waals surface area contributed by atoms with E-state index in [1.54, 1.807) is 58.0 Å². The first kappa shape index (κ1) is 21.4. The SMILES string of the molecule is COc1ccccc1NC(=O)COC(=O)c1sc(NC(=O)C(C)(C)C)cc1C. The van der Waals surface area contributed by atoms with Crippen molar-refractivity contribution in [1.29, 1.82) is 0 Å². The Kier molecular flexibility index (Phi) is 6.80. The van der Waals surface area contributed by atoms with Crippen molar-refractivity contribution < 1.29 is 23.9 Å². The average molecular weight is 404 g/mol. The quantitative estimate of drug-likeness (QED) is 0.714. The van der Waals surface area contributed by atoms with Gasteiger partial charge >= 0.3 is 5.97 Å². The van der Waals surface area contributed by atoms with Gasteiger partial charge in [0.2, 0.25) is 5.91 Å². The predicted octanol–water partition coefficient (Wildman–Crippen LogP) is 3.85. The summed E-state index contributed by atoms with van der Waals surface area (Å²) in [4.78, 5) is 36.8. The zero-order valence-electron chi connectivity index (χ0n) is 16.5. The van der Waals surface area contributed by atoms with Gasteiger partial charge in [0, 0.05) is 5.41 Å². The number of ether oxygens (including phenoxy) is 2. The van der Waals surface area contributed by atoms with Gasteiger partial charge in [0.05, 0.1) is 17.8 Å². The molecule has 0 saturated carbocycles. The minimum atomic E-state index is -0.617. The van der Waals surface area contributed by atoms with E-state index in [0.717, 1.165) is 11.3 Å². The molecule has 1 heterocycles. The van der Waals surface area contributed by atoms with Crippen LogP contribution in [-0.2, 0) is 14.3 Å². The van der Waals surface area contributed by atoms with E-state index in [0.29, 0.717) is 26.9 Å². The Morgan fingerprint density at radius 2 is 1.79 bits per heavy atom. The van der Waals surface area contributed by atoms with Gasteiger partial charge < -0.3 is 20.1 Å². The number of methoxy groups -OCH3 is 1. The van der Waals surface area contributed by atoms with E-state index in [1.165, 1.54) is 7.11 Å². The molecule has 0 saturated heterocycles. The van der Waals surface area contributed by atoms with Crippen LogP contribution in [0.25, 0.3) is 0 Å². The van der Waals surface area contributed by atoms with Crippen molar-refractivity contribution in [2.75, 3.05) is 24.4 Å². The molecule has 7 nitrogen and oxygen atoms in total. The highest BCUT2D eigenvalue weighted by atomic mass is 32.1. The van der Waals surface area contributed by atoms with Gasteiger partial charge in [0.1, 0.15) is 10.6 Å². The van der Waals surface area contributed by atoms with E-state index in [-0.39, 0.29) is 5.91 Å². The molecule has 0 aliphatic heterocycles. The van der Waals surface area contributed by atoms with Crippen molar-refractivity contribution in [3.63, 3.8) is 0 Å². The lowest BCUT2D eigenvalue weighted by atomic mass is 9.96. The highest BCUT2D eigenvalue weighted by Crippen LogP contribution is 2.29. The van der Waals surface area contributed by atoms with Crippen LogP contribution < -0.4 is 15.4 Å². The minimum Gasteiger partial charge on any atom is -0.495 e. The van der Waals surface area contributed by atoms with E-state index < -0.39 is 23.9 Å². The van der Waals surface area contributed by atoms with Crippen molar-refractivity contribution in [1.82, 2.24) is 0 Å². The van der Waals surface area contributed by atoms with E-state index in [2.05, 4.69) is 10.6 Å². The van der Waals surface area contributed by atoms with Crippen molar-refractivity contribution in [3.8, 4) is 5.75 Å². The van der Waals surface area contributed by atoms with Crippen LogP contribution >= 0.6 is 11.3 Å². The largest absolute Gasteiger partial charge is 0.495 e. The maximum absolute atomic E-state index is 12.3. The molecule has 0 radical (unpaired) electrons. The number of hydrogen-bond acceptors (Lipinski definition) is 6. The van der Waals surface area contributed by atoms with Crippen LogP contribution in [0.4, 0.5) is 10.7 Å². The summed E-state index contributed by atoms with van der Waals surface area (Å²) < 4.78 is 10.3. The Morgan fingerprint density at radius 1 is 1.11 bits per heavy atom. The number of para-hydroxylation sites is 2. The maximum Gasteiger partial charge on any atom is 0.349 e. The summed E-state index contributed by atoms with van der Waals surface area (Å²) in [7, 11) is 1.50. The normalized spacial score (nSPS) is 10.9. The molecule has 2 N–H and O–H groups in total. The van der Waals surface area contributed by atoms with E-state index in [9.17, 15) is 14.4 Å². The third kappa shape index (κ3) is 5.56. The summed E-state index contributed by atoms with van der Waals surface area (Å²) in [5.74, 6) is -0.734. The molecule has 0 spiro atoms. The number of anilines is 2. The molecule has 1 aromatic heterocycles. The molecule has 150 valence electrons. The molecule has 2 rings (SSSR count). The Labute approximate surface area is 168 Å². The molecule has 0 atom stereocenters. The number of aryl methyl sites for hydroxylation is 1. The van der Waals surface area contributed by atoms with E-state index in [4.69, 9.17) is 9.47 Å². The molecular formula is C20H24N2O5S. The second-order valence-corrected chi connectivity index (χ2v) is 8.20. The van der Waals surface area contributed by atoms with Crippen molar-refractivity contribution in [3.05, 3.63) is 40.8 Å². The number of rotatable bonds is 6. The molecule has 0 unspecified atom stereocenters. The third-order valence-corrected chi connectivity index (χ3v) is 4.87. The average Bonchev–Trinajstić information content (AvgIpc) is 2.99. The number of hydrogen-bond donors (Lipinski definition) is 2. The van der Waals surface area contributed by atoms with Gasteiger partial charge in [-0.05, 0) is 30.7 Å². The van der Waals surface area contributed by atoms with Crippen LogP contribution in [0.5, 0.6) is 5.75 Å². The van der Waals surface area contributed by atoms with Crippen molar-refractivity contribution in [2.24, 2.45) is 5.41 Å². The van der Waals surface area contributed by atoms with Gasteiger partial charge in [-0.15, -0.1) is 11.3 Å². The highest BCUT2D eigenvalue weighted by molar-refractivity contribution is 7.18. The highest BCUT2D eigenvalue weighted by Gasteiger charge is 2.23. The van der Waals surface area contributed by atoms with Crippen LogP contribution in [0.1, 0.15) is 36.0 Å². The lowest BCUT2D eigenvalue weighted by Gasteiger charge is -2.16. The second kappa shape index (κ2) is 8.88. The fourth-order valence-electron chi connectivity index (χ4n) is 2.18. The maximum atomic E-state index is 12.3. The van der Waals surface area contributed by atoms with Crippen molar-refractivity contribution >= 4 is 39.8 Å². The number of carbonyl (C=O) groups is 3. The summed E-state index contributed by atoms with van der Waals surface area (Å²) >= 11 is 1.12. The number of thiophene rings is 1. The smallest absolute Gasteiger partial charge is 0.349 e. The van der Waals surface area contributed by atoms with Crippen LogP contribution in [0.3, 0.4) is 0 Å². The molecule has 0 fully saturated rings. The molecule has 1 aromatic carbocycles. The Bertz CT molecular complexity index is 883. The fourth-order valence-corrected chi connectivity index (χ4v) is 3.14. The Morgan fingerprint density at radius 3 is 2.43 bits per heavy atom. The summed E-state index contributed by atoms with van der Waals surface area (Å²) in [5.41, 5.74) is 0.615. The number of carbonyl (C=O) groups excluding carboxylic acids is 3. The number of amides is 2. The first-order chi connectivity index (χ1) is 13.1. The number of esters is 1. The van der Waals surface area contributed by atoms with Gasteiger partial charge in [0.25, 0.3) is 5.91 Å². The van der Waals surface area contributed by atoms with E-state index in [1.807, 2.05) is 0 Å². The van der Waals surface area contributed by atoms with Gasteiger partial charge in [-0.3, -0.25) is 9.59 Å². The molecule has 28 heavy (non-hydrogen) atoms. The first-order valence-electron chi connectivity index (χ1n) is 8.63. The van der Waals surface area contributed by atoms with Crippen LogP contribution in [0.15, 0.2) is 30.3 Å². The van der Waals surface area contributed by atoms with Crippen molar-refractivity contribution in [2.45, 2.75) is 27.7 Å². The van der Waals surface area contributed by atoms with Crippen LogP contribution in [-0.4, -0.2) is 31.5 Å². The molecule has 0 bridgehead atoms. The van der Waals surface area contributed by atoms with Gasteiger partial charge in [-0.2, -0.15) is 0 Å². The van der Waals surface area contributed by atoms with E-state index >= 15 is 0 Å². The zero-order chi connectivity index (χ0) is 20.9. The molecule has 8 heteroatoms. The van der Waals surface area contributed by atoms with Crippen LogP contribution in [0, 0.1) is 12.3 Å². The Hall–Kier alpha value is -2.87. The summed E-state index contributed by atoms with van der Waals surface area (Å²) in [6.07, 6.45) is 0. The zero-order valence-corrected chi connectivity index (χ0v) is 17.4. The first-order valence-corrected chi connectivity index (χ1v) is 9.45. The van der Waals surface area contributed by atoms with Gasteiger partial charge in [0.15, 0.2) is 6.61 Å². The van der Waals surface area contributed by atoms with Crippen LogP contribution in [0.2, 0.25) is 0 Å². The molecule has 0 aliphatic rings. The number of nitrogens with one attached hydrogen (secondary N) is 2. The number of benzene rings is 1. The monoisotopic (exact) mass is 404 g/mol. The molecule has 0 aliphatic carbocycles. The summed E-state index contributed by atoms with van der Waals surface area (Å²) in [6, 6.07) is 8.65. The summed E-state index contributed by atoms with van der Waals surface area (Å²) in [6.45, 7) is 6.72. The second-order valence-electron chi connectivity index (χ2n) is 7.15. The third-order valence-electron chi connectivity index (χ3n) is 3.74.